The first-order chi connectivity index (χ1) is 20.6. The van der Waals surface area contributed by atoms with Gasteiger partial charge in [-0.15, -0.1) is 0 Å². The summed E-state index contributed by atoms with van der Waals surface area (Å²) >= 11 is 6.04. The summed E-state index contributed by atoms with van der Waals surface area (Å²) in [6.07, 6.45) is 0.251. The first kappa shape index (κ1) is 30.2. The molecular formula is C29H30ClFN6O6. The van der Waals surface area contributed by atoms with Gasteiger partial charge < -0.3 is 25.0 Å². The maximum absolute atomic E-state index is 15.3. The van der Waals surface area contributed by atoms with E-state index >= 15 is 4.39 Å². The summed E-state index contributed by atoms with van der Waals surface area (Å²) < 4.78 is 29.0. The second kappa shape index (κ2) is 12.5. The highest BCUT2D eigenvalue weighted by atomic mass is 35.5. The van der Waals surface area contributed by atoms with Gasteiger partial charge in [-0.1, -0.05) is 11.6 Å². The lowest BCUT2D eigenvalue weighted by Crippen LogP contribution is -2.51. The molecule has 0 aliphatic carbocycles. The van der Waals surface area contributed by atoms with Crippen LogP contribution < -0.4 is 21.9 Å². The van der Waals surface area contributed by atoms with Crippen molar-refractivity contribution in [3.05, 3.63) is 67.6 Å². The number of anilines is 2. The first-order valence-electron chi connectivity index (χ1n) is 13.9. The Hall–Kier alpha value is -4.25. The number of hydrogen-bond acceptors (Lipinski definition) is 7. The molecule has 3 heterocycles. The Morgan fingerprint density at radius 3 is 2.63 bits per heavy atom. The van der Waals surface area contributed by atoms with Crippen LogP contribution in [0.5, 0.6) is 0 Å². The Morgan fingerprint density at radius 1 is 1.16 bits per heavy atom. The van der Waals surface area contributed by atoms with Gasteiger partial charge in [0.05, 0.1) is 53.0 Å². The summed E-state index contributed by atoms with van der Waals surface area (Å²) in [5.41, 5.74) is -0.676. The summed E-state index contributed by atoms with van der Waals surface area (Å²) in [4.78, 5) is 54.0. The number of carbonyl (C=O) groups excluding carboxylic acids is 2. The Kier molecular flexibility index (Phi) is 8.82. The van der Waals surface area contributed by atoms with Crippen LogP contribution in [0.4, 0.5) is 20.6 Å². The average molecular weight is 613 g/mol. The molecular weight excluding hydrogens is 583 g/mol. The number of benzene rings is 2. The van der Waals surface area contributed by atoms with E-state index in [2.05, 4.69) is 10.6 Å². The predicted molar refractivity (Wildman–Crippen MR) is 157 cm³/mol. The molecule has 2 aromatic carbocycles. The highest BCUT2D eigenvalue weighted by Crippen LogP contribution is 2.24. The van der Waals surface area contributed by atoms with E-state index in [9.17, 15) is 19.2 Å². The number of fused-ring (bicyclic) bond motifs is 1. The molecule has 2 saturated heterocycles. The number of ether oxygens (including phenoxy) is 2. The quantitative estimate of drug-likeness (QED) is 0.433. The van der Waals surface area contributed by atoms with E-state index in [-0.39, 0.29) is 65.6 Å². The van der Waals surface area contributed by atoms with Gasteiger partial charge in [-0.3, -0.25) is 18.7 Å². The summed E-state index contributed by atoms with van der Waals surface area (Å²) in [5, 5.41) is 14.4. The van der Waals surface area contributed by atoms with E-state index in [4.69, 9.17) is 26.3 Å². The Bertz CT molecular complexity index is 1740. The maximum atomic E-state index is 15.3. The number of rotatable bonds is 6. The summed E-state index contributed by atoms with van der Waals surface area (Å²) in [5.74, 6) is -1.36. The van der Waals surface area contributed by atoms with Crippen molar-refractivity contribution in [2.75, 3.05) is 36.9 Å². The Labute approximate surface area is 250 Å². The number of nitrogens with zero attached hydrogens (tertiary/aromatic N) is 4. The molecule has 0 bridgehead atoms. The predicted octanol–water partition coefficient (Wildman–Crippen LogP) is 3.46. The smallest absolute Gasteiger partial charge is 0.331 e. The van der Waals surface area contributed by atoms with Crippen molar-refractivity contribution in [2.45, 2.75) is 51.5 Å². The zero-order chi connectivity index (χ0) is 30.8. The fourth-order valence-electron chi connectivity index (χ4n) is 5.24. The Balaban J connectivity index is 1.36. The van der Waals surface area contributed by atoms with Gasteiger partial charge in [0.1, 0.15) is 11.9 Å². The average Bonchev–Trinajstić information content (AvgIpc) is 3.49. The van der Waals surface area contributed by atoms with Crippen molar-refractivity contribution in [3.63, 3.8) is 0 Å². The van der Waals surface area contributed by atoms with Crippen molar-refractivity contribution in [2.24, 2.45) is 0 Å². The largest absolute Gasteiger partial charge is 0.376 e. The summed E-state index contributed by atoms with van der Waals surface area (Å²) in [6.45, 7) is 4.21. The first-order valence-corrected chi connectivity index (χ1v) is 14.2. The molecule has 5 rings (SSSR count). The molecule has 0 spiro atoms. The molecule has 12 nitrogen and oxygen atoms in total. The van der Waals surface area contributed by atoms with Gasteiger partial charge in [-0.05, 0) is 51.0 Å². The zero-order valence-electron chi connectivity index (χ0n) is 23.6. The fraction of sp³-hybridized carbons (Fsp3) is 0.414. The van der Waals surface area contributed by atoms with E-state index < -0.39 is 35.1 Å². The second-order valence-electron chi connectivity index (χ2n) is 10.7. The highest BCUT2D eigenvalue weighted by Gasteiger charge is 2.30. The molecule has 14 heteroatoms. The molecule has 2 unspecified atom stereocenters. The SMILES string of the molecule is CC(C)n1c(=O)n(CC2CCCO2)c(=O)c2cc(NC(=O)N3CCOC(C(=O)Nc4ccc(C#N)c(Cl)c4)C3)c(F)cc21. The standard InChI is InChI=1S/C29H30ClFN6O6/c1-16(2)37-24-12-22(31)23(11-20(24)27(39)36(29(37)41)14-19-4-3-8-42-19)34-28(40)35-7-9-43-25(15-35)26(38)33-18-6-5-17(13-32)21(30)10-18/h5-6,10-12,16,19,25H,3-4,7-9,14-15H2,1-2H3,(H,33,38)(H,34,40). The lowest BCUT2D eigenvalue weighted by atomic mass is 10.1. The Morgan fingerprint density at radius 2 is 1.95 bits per heavy atom. The van der Waals surface area contributed by atoms with Gasteiger partial charge in [0.25, 0.3) is 11.5 Å². The minimum atomic E-state index is -1.03. The number of urea groups is 1. The van der Waals surface area contributed by atoms with Crippen LogP contribution in [0.3, 0.4) is 0 Å². The van der Waals surface area contributed by atoms with Crippen molar-refractivity contribution in [3.8, 4) is 6.07 Å². The number of amides is 3. The maximum Gasteiger partial charge on any atom is 0.331 e. The number of carbonyl (C=O) groups is 2. The molecule has 2 atom stereocenters. The van der Waals surface area contributed by atoms with Gasteiger partial charge in [0.15, 0.2) is 6.10 Å². The van der Waals surface area contributed by atoms with Gasteiger partial charge in [0.2, 0.25) is 0 Å². The van der Waals surface area contributed by atoms with Crippen LogP contribution in [-0.4, -0.2) is 64.5 Å². The van der Waals surface area contributed by atoms with Crippen LogP contribution in [0.2, 0.25) is 5.02 Å². The monoisotopic (exact) mass is 612 g/mol. The van der Waals surface area contributed by atoms with Crippen LogP contribution in [-0.2, 0) is 20.8 Å². The van der Waals surface area contributed by atoms with Gasteiger partial charge in [0, 0.05) is 30.9 Å². The van der Waals surface area contributed by atoms with E-state index in [1.807, 2.05) is 6.07 Å². The minimum Gasteiger partial charge on any atom is -0.376 e. The van der Waals surface area contributed by atoms with E-state index in [0.29, 0.717) is 12.3 Å². The van der Waals surface area contributed by atoms with Crippen LogP contribution in [0.25, 0.3) is 10.9 Å². The molecule has 0 radical (unpaired) electrons. The topological polar surface area (TPSA) is 148 Å². The molecule has 0 saturated carbocycles. The van der Waals surface area contributed by atoms with E-state index in [1.165, 1.54) is 33.7 Å². The van der Waals surface area contributed by atoms with Gasteiger partial charge in [-0.2, -0.15) is 5.26 Å². The van der Waals surface area contributed by atoms with Crippen LogP contribution in [0, 0.1) is 17.1 Å². The summed E-state index contributed by atoms with van der Waals surface area (Å²) in [6, 6.07) is 7.59. The third-order valence-electron chi connectivity index (χ3n) is 7.43. The van der Waals surface area contributed by atoms with Crippen molar-refractivity contribution < 1.29 is 23.5 Å². The summed E-state index contributed by atoms with van der Waals surface area (Å²) in [7, 11) is 0. The zero-order valence-corrected chi connectivity index (χ0v) is 24.3. The molecule has 3 aromatic rings. The molecule has 2 aliphatic rings. The number of morpholine rings is 1. The van der Waals surface area contributed by atoms with Gasteiger partial charge in [-0.25, -0.2) is 14.0 Å². The number of nitrogens with one attached hydrogen (secondary N) is 2. The molecule has 1 aromatic heterocycles. The second-order valence-corrected chi connectivity index (χ2v) is 11.1. The highest BCUT2D eigenvalue weighted by molar-refractivity contribution is 6.32. The molecule has 43 heavy (non-hydrogen) atoms. The number of halogens is 2. The molecule has 2 aliphatic heterocycles. The number of hydrogen-bond donors (Lipinski definition) is 2. The van der Waals surface area contributed by atoms with Crippen LogP contribution >= 0.6 is 11.6 Å². The molecule has 226 valence electrons. The van der Waals surface area contributed by atoms with Crippen molar-refractivity contribution in [1.82, 2.24) is 14.0 Å². The van der Waals surface area contributed by atoms with Crippen molar-refractivity contribution in [1.29, 1.82) is 5.26 Å². The third kappa shape index (κ3) is 6.27. The minimum absolute atomic E-state index is 0.0500. The van der Waals surface area contributed by atoms with E-state index in [0.717, 1.165) is 23.5 Å². The third-order valence-corrected chi connectivity index (χ3v) is 7.74. The normalized spacial score (nSPS) is 18.6. The molecule has 3 amide bonds. The lowest BCUT2D eigenvalue weighted by Gasteiger charge is -2.32. The van der Waals surface area contributed by atoms with Crippen LogP contribution in [0.1, 0.15) is 38.3 Å². The molecule has 2 N–H and O–H groups in total. The molecule has 2 fully saturated rings. The fourth-order valence-corrected chi connectivity index (χ4v) is 5.46. The van der Waals surface area contributed by atoms with Crippen LogP contribution in [0.15, 0.2) is 39.9 Å². The number of aromatic nitrogens is 2. The number of nitriles is 1. The van der Waals surface area contributed by atoms with E-state index in [1.54, 1.807) is 13.8 Å². The van der Waals surface area contributed by atoms with Crippen molar-refractivity contribution >= 4 is 45.8 Å². The lowest BCUT2D eigenvalue weighted by molar-refractivity contribution is -0.131. The van der Waals surface area contributed by atoms with Gasteiger partial charge >= 0.3 is 11.7 Å².